The van der Waals surface area contributed by atoms with Crippen LogP contribution >= 0.6 is 23.2 Å². The van der Waals surface area contributed by atoms with Gasteiger partial charge < -0.3 is 10.1 Å². The lowest BCUT2D eigenvalue weighted by molar-refractivity contribution is 0.306. The van der Waals surface area contributed by atoms with Gasteiger partial charge in [-0.3, -0.25) is 0 Å². The molecule has 4 heteroatoms. The average Bonchev–Trinajstić information content (AvgIpc) is 2.41. The molecule has 0 heterocycles. The largest absolute Gasteiger partial charge is 0.489 e. The van der Waals surface area contributed by atoms with Gasteiger partial charge in [0.25, 0.3) is 0 Å². The van der Waals surface area contributed by atoms with Gasteiger partial charge in [-0.15, -0.1) is 0 Å². The molecule has 1 N–H and O–H groups in total. The zero-order valence-electron chi connectivity index (χ0n) is 10.6. The van der Waals surface area contributed by atoms with Crippen molar-refractivity contribution < 1.29 is 4.74 Å². The third-order valence-electron chi connectivity index (χ3n) is 2.67. The highest BCUT2D eigenvalue weighted by molar-refractivity contribution is 6.42. The summed E-state index contributed by atoms with van der Waals surface area (Å²) in [7, 11) is 1.93. The number of hydrogen-bond donors (Lipinski definition) is 1. The van der Waals surface area contributed by atoms with Gasteiger partial charge in [0.15, 0.2) is 0 Å². The van der Waals surface area contributed by atoms with Crippen LogP contribution in [0, 0.1) is 0 Å². The molecule has 0 bridgehead atoms. The maximum Gasteiger partial charge on any atom is 0.121 e. The molecular weight excluding hydrogens is 281 g/mol. The molecule has 0 aliphatic heterocycles. The SMILES string of the molecule is CNCc1cccc(COc2ccc(Cl)c(Cl)c2)c1. The Morgan fingerprint density at radius 1 is 1.00 bits per heavy atom. The summed E-state index contributed by atoms with van der Waals surface area (Å²) in [5.74, 6) is 0.716. The Hall–Kier alpha value is -1.22. The van der Waals surface area contributed by atoms with Crippen molar-refractivity contribution in [3.8, 4) is 5.75 Å². The summed E-state index contributed by atoms with van der Waals surface area (Å²) in [5.41, 5.74) is 2.36. The fourth-order valence-corrected chi connectivity index (χ4v) is 2.05. The van der Waals surface area contributed by atoms with E-state index in [4.69, 9.17) is 27.9 Å². The maximum absolute atomic E-state index is 5.94. The van der Waals surface area contributed by atoms with E-state index in [0.29, 0.717) is 22.4 Å². The summed E-state index contributed by atoms with van der Waals surface area (Å²) in [4.78, 5) is 0. The molecule has 100 valence electrons. The average molecular weight is 296 g/mol. The van der Waals surface area contributed by atoms with E-state index in [9.17, 15) is 0 Å². The summed E-state index contributed by atoms with van der Waals surface area (Å²) in [5, 5.41) is 4.16. The summed E-state index contributed by atoms with van der Waals surface area (Å²) < 4.78 is 5.70. The van der Waals surface area contributed by atoms with Gasteiger partial charge in [0.05, 0.1) is 10.0 Å². The molecule has 0 radical (unpaired) electrons. The van der Waals surface area contributed by atoms with Crippen molar-refractivity contribution in [3.63, 3.8) is 0 Å². The topological polar surface area (TPSA) is 21.3 Å². The van der Waals surface area contributed by atoms with Gasteiger partial charge in [-0.2, -0.15) is 0 Å². The van der Waals surface area contributed by atoms with Gasteiger partial charge in [-0.1, -0.05) is 47.5 Å². The first-order valence-corrected chi connectivity index (χ1v) is 6.75. The highest BCUT2D eigenvalue weighted by atomic mass is 35.5. The van der Waals surface area contributed by atoms with Gasteiger partial charge in [0.2, 0.25) is 0 Å². The Labute approximate surface area is 123 Å². The van der Waals surface area contributed by atoms with Crippen LogP contribution in [0.2, 0.25) is 10.0 Å². The molecule has 19 heavy (non-hydrogen) atoms. The maximum atomic E-state index is 5.94. The molecule has 0 unspecified atom stereocenters. The molecule has 2 rings (SSSR count). The molecular formula is C15H15Cl2NO. The molecule has 0 atom stereocenters. The van der Waals surface area contributed by atoms with Crippen LogP contribution in [-0.2, 0) is 13.2 Å². The molecule has 0 aliphatic rings. The van der Waals surface area contributed by atoms with Crippen molar-refractivity contribution in [1.29, 1.82) is 0 Å². The van der Waals surface area contributed by atoms with Crippen molar-refractivity contribution in [2.75, 3.05) is 7.05 Å². The van der Waals surface area contributed by atoms with Crippen LogP contribution in [0.3, 0.4) is 0 Å². The number of nitrogens with one attached hydrogen (secondary N) is 1. The smallest absolute Gasteiger partial charge is 0.121 e. The lowest BCUT2D eigenvalue weighted by Gasteiger charge is -2.08. The van der Waals surface area contributed by atoms with E-state index in [2.05, 4.69) is 17.4 Å². The number of halogens is 2. The summed E-state index contributed by atoms with van der Waals surface area (Å²) in [6.07, 6.45) is 0. The zero-order chi connectivity index (χ0) is 13.7. The predicted molar refractivity (Wildman–Crippen MR) is 80.0 cm³/mol. The second-order valence-electron chi connectivity index (χ2n) is 4.21. The Morgan fingerprint density at radius 3 is 2.53 bits per heavy atom. The van der Waals surface area contributed by atoms with E-state index in [0.717, 1.165) is 12.1 Å². The van der Waals surface area contributed by atoms with Crippen molar-refractivity contribution in [2.24, 2.45) is 0 Å². The van der Waals surface area contributed by atoms with Crippen molar-refractivity contribution in [1.82, 2.24) is 5.32 Å². The summed E-state index contributed by atoms with van der Waals surface area (Å²) in [6, 6.07) is 13.5. The number of hydrogen-bond acceptors (Lipinski definition) is 2. The first-order valence-electron chi connectivity index (χ1n) is 5.99. The van der Waals surface area contributed by atoms with Crippen LogP contribution in [0.4, 0.5) is 0 Å². The minimum absolute atomic E-state index is 0.503. The fourth-order valence-electron chi connectivity index (χ4n) is 1.77. The molecule has 2 aromatic rings. The van der Waals surface area contributed by atoms with Gasteiger partial charge in [-0.25, -0.2) is 0 Å². The first kappa shape index (κ1) is 14.2. The molecule has 0 amide bonds. The van der Waals surface area contributed by atoms with Gasteiger partial charge >= 0.3 is 0 Å². The third kappa shape index (κ3) is 4.13. The molecule has 0 saturated carbocycles. The summed E-state index contributed by atoms with van der Waals surface area (Å²) >= 11 is 11.8. The lowest BCUT2D eigenvalue weighted by Crippen LogP contribution is -2.05. The second kappa shape index (κ2) is 6.80. The minimum atomic E-state index is 0.503. The molecule has 2 aromatic carbocycles. The molecule has 0 spiro atoms. The number of ether oxygens (including phenoxy) is 1. The Balaban J connectivity index is 2.01. The van der Waals surface area contributed by atoms with E-state index in [1.54, 1.807) is 12.1 Å². The van der Waals surface area contributed by atoms with Crippen molar-refractivity contribution >= 4 is 23.2 Å². The van der Waals surface area contributed by atoms with Gasteiger partial charge in [-0.05, 0) is 30.3 Å². The van der Waals surface area contributed by atoms with E-state index in [1.165, 1.54) is 5.56 Å². The first-order chi connectivity index (χ1) is 9.19. The minimum Gasteiger partial charge on any atom is -0.489 e. The van der Waals surface area contributed by atoms with Crippen LogP contribution in [0.25, 0.3) is 0 Å². The van der Waals surface area contributed by atoms with Crippen molar-refractivity contribution in [2.45, 2.75) is 13.2 Å². The Bertz CT molecular complexity index is 558. The Kier molecular flexibility index (Phi) is 5.08. The third-order valence-corrected chi connectivity index (χ3v) is 3.41. The van der Waals surface area contributed by atoms with E-state index >= 15 is 0 Å². The zero-order valence-corrected chi connectivity index (χ0v) is 12.1. The summed E-state index contributed by atoms with van der Waals surface area (Å²) in [6.45, 7) is 1.36. The molecule has 0 saturated heterocycles. The van der Waals surface area contributed by atoms with Crippen LogP contribution < -0.4 is 10.1 Å². The van der Waals surface area contributed by atoms with Crippen LogP contribution in [0.15, 0.2) is 42.5 Å². The Morgan fingerprint density at radius 2 is 1.79 bits per heavy atom. The monoisotopic (exact) mass is 295 g/mol. The van der Waals surface area contributed by atoms with Gasteiger partial charge in [0, 0.05) is 12.6 Å². The fraction of sp³-hybridized carbons (Fsp3) is 0.200. The molecule has 0 aliphatic carbocycles. The standard InChI is InChI=1S/C15H15Cl2NO/c1-18-9-11-3-2-4-12(7-11)10-19-13-5-6-14(16)15(17)8-13/h2-8,18H,9-10H2,1H3. The van der Waals surface area contributed by atoms with E-state index in [-0.39, 0.29) is 0 Å². The van der Waals surface area contributed by atoms with Crippen LogP contribution in [0.1, 0.15) is 11.1 Å². The van der Waals surface area contributed by atoms with Crippen LogP contribution in [0.5, 0.6) is 5.75 Å². The van der Waals surface area contributed by atoms with Crippen molar-refractivity contribution in [3.05, 3.63) is 63.6 Å². The highest BCUT2D eigenvalue weighted by Crippen LogP contribution is 2.26. The van der Waals surface area contributed by atoms with Gasteiger partial charge in [0.1, 0.15) is 12.4 Å². The highest BCUT2D eigenvalue weighted by Gasteiger charge is 2.01. The number of rotatable bonds is 5. The molecule has 2 nitrogen and oxygen atoms in total. The predicted octanol–water partition coefficient (Wildman–Crippen LogP) is 4.29. The van der Waals surface area contributed by atoms with E-state index < -0.39 is 0 Å². The quantitative estimate of drug-likeness (QED) is 0.888. The normalized spacial score (nSPS) is 10.5. The van der Waals surface area contributed by atoms with E-state index in [1.807, 2.05) is 25.2 Å². The number of benzene rings is 2. The van der Waals surface area contributed by atoms with Crippen LogP contribution in [-0.4, -0.2) is 7.05 Å². The molecule has 0 aromatic heterocycles. The second-order valence-corrected chi connectivity index (χ2v) is 5.03. The lowest BCUT2D eigenvalue weighted by atomic mass is 10.1. The molecule has 0 fully saturated rings.